The van der Waals surface area contributed by atoms with E-state index >= 15 is 0 Å². The molecule has 110 valence electrons. The molecule has 0 N–H and O–H groups in total. The topological polar surface area (TPSA) is 0 Å². The average Bonchev–Trinajstić information content (AvgIpc) is 3.07. The molecule has 3 heteroatoms. The van der Waals surface area contributed by atoms with Crippen LogP contribution in [-0.2, 0) is 17.9 Å². The minimum absolute atomic E-state index is 0.216. The summed E-state index contributed by atoms with van der Waals surface area (Å²) < 4.78 is 0.447. The molecule has 0 aliphatic heterocycles. The van der Waals surface area contributed by atoms with Gasteiger partial charge < -0.3 is 0 Å². The third kappa shape index (κ3) is 2.21. The number of benzene rings is 2. The molecule has 2 aliphatic carbocycles. The molecule has 2 aromatic carbocycles. The van der Waals surface area contributed by atoms with Crippen LogP contribution >= 0.6 is 17.0 Å². The van der Waals surface area contributed by atoms with Crippen molar-refractivity contribution in [2.24, 2.45) is 0 Å². The monoisotopic (exact) mass is 404 g/mol. The molecule has 2 aliphatic rings. The van der Waals surface area contributed by atoms with Crippen molar-refractivity contribution in [2.75, 3.05) is 0 Å². The van der Waals surface area contributed by atoms with Crippen molar-refractivity contribution in [3.63, 3.8) is 0 Å². The Morgan fingerprint density at radius 2 is 1.50 bits per heavy atom. The van der Waals surface area contributed by atoms with Crippen molar-refractivity contribution < 1.29 is 17.9 Å². The van der Waals surface area contributed by atoms with E-state index in [1.165, 1.54) is 27.8 Å². The molecule has 0 saturated carbocycles. The van der Waals surface area contributed by atoms with Crippen LogP contribution in [0.1, 0.15) is 36.4 Å². The molecule has 4 rings (SSSR count). The van der Waals surface area contributed by atoms with Gasteiger partial charge in [-0.15, -0.1) is 0 Å². The second-order valence-corrected chi connectivity index (χ2v) is 20.9. The molecule has 0 radical (unpaired) electrons. The molecule has 0 bridgehead atoms. The van der Waals surface area contributed by atoms with Gasteiger partial charge in [0, 0.05) is 0 Å². The Hall–Kier alpha value is -0.617. The number of rotatable bonds is 2. The van der Waals surface area contributed by atoms with E-state index in [2.05, 4.69) is 73.7 Å². The molecule has 0 fully saturated rings. The molecule has 0 heterocycles. The predicted octanol–water partition coefficient (Wildman–Crippen LogP) is 6.37. The zero-order valence-electron chi connectivity index (χ0n) is 12.3. The first-order valence-corrected chi connectivity index (χ1v) is 16.7. The summed E-state index contributed by atoms with van der Waals surface area (Å²) >= 11 is -3.49. The van der Waals surface area contributed by atoms with Gasteiger partial charge in [-0.2, -0.15) is 0 Å². The van der Waals surface area contributed by atoms with Gasteiger partial charge in [0.25, 0.3) is 0 Å². The maximum absolute atomic E-state index is 7.18. The zero-order valence-corrected chi connectivity index (χ0v) is 16.2. The number of halogens is 2. The zero-order chi connectivity index (χ0) is 15.3. The van der Waals surface area contributed by atoms with Crippen molar-refractivity contribution >= 4 is 29.2 Å². The summed E-state index contributed by atoms with van der Waals surface area (Å²) in [4.78, 5) is 0. The molecular weight excluding hydrogens is 390 g/mol. The van der Waals surface area contributed by atoms with Gasteiger partial charge in [0.15, 0.2) is 0 Å². The van der Waals surface area contributed by atoms with E-state index in [4.69, 9.17) is 17.0 Å². The molecule has 0 amide bonds. The molecule has 0 spiro atoms. The SMILES string of the molecule is CC1=Cc2ccccc2[CH]1[Zr]([Cl])([Cl])[CH]1C=Cc2ccccc21. The van der Waals surface area contributed by atoms with Crippen molar-refractivity contribution in [3.8, 4) is 0 Å². The Kier molecular flexibility index (Phi) is 3.72. The van der Waals surface area contributed by atoms with Gasteiger partial charge in [0.2, 0.25) is 0 Å². The third-order valence-corrected chi connectivity index (χ3v) is 17.2. The van der Waals surface area contributed by atoms with Gasteiger partial charge >= 0.3 is 144 Å². The van der Waals surface area contributed by atoms with Crippen LogP contribution in [0.3, 0.4) is 0 Å². The summed E-state index contributed by atoms with van der Waals surface area (Å²) in [6.07, 6.45) is 6.66. The molecule has 0 saturated heterocycles. The Balaban J connectivity index is 1.80. The second-order valence-electron chi connectivity index (χ2n) is 6.09. The number of hydrogen-bond donors (Lipinski definition) is 0. The molecule has 2 unspecified atom stereocenters. The minimum atomic E-state index is -3.49. The van der Waals surface area contributed by atoms with Gasteiger partial charge in [-0.05, 0) is 0 Å². The molecular formula is C19H16Cl2Zr. The normalized spacial score (nSPS) is 22.4. The summed E-state index contributed by atoms with van der Waals surface area (Å²) in [6, 6.07) is 17.0. The summed E-state index contributed by atoms with van der Waals surface area (Å²) in [5.74, 6) is 0. The fourth-order valence-electron chi connectivity index (χ4n) is 3.75. The first kappa shape index (κ1) is 14.9. The second kappa shape index (κ2) is 5.48. The third-order valence-electron chi connectivity index (χ3n) is 4.74. The van der Waals surface area contributed by atoms with Gasteiger partial charge in [-0.1, -0.05) is 0 Å². The van der Waals surface area contributed by atoms with E-state index in [1.807, 2.05) is 0 Å². The Morgan fingerprint density at radius 1 is 0.864 bits per heavy atom. The van der Waals surface area contributed by atoms with Crippen molar-refractivity contribution in [1.29, 1.82) is 0 Å². The van der Waals surface area contributed by atoms with Crippen LogP contribution in [-0.4, -0.2) is 0 Å². The number of allylic oxidation sites excluding steroid dienone is 2. The van der Waals surface area contributed by atoms with Crippen molar-refractivity contribution in [2.45, 2.75) is 14.2 Å². The fraction of sp³-hybridized carbons (Fsp3) is 0.158. The van der Waals surface area contributed by atoms with Gasteiger partial charge in [0.1, 0.15) is 0 Å². The Morgan fingerprint density at radius 3 is 2.27 bits per heavy atom. The van der Waals surface area contributed by atoms with E-state index in [-0.39, 0.29) is 7.25 Å². The summed E-state index contributed by atoms with van der Waals surface area (Å²) in [7, 11) is 14.4. The first-order chi connectivity index (χ1) is 10.6. The Bertz CT molecular complexity index is 805. The fourth-order valence-corrected chi connectivity index (χ4v) is 16.2. The van der Waals surface area contributed by atoms with Crippen molar-refractivity contribution in [3.05, 3.63) is 82.4 Å². The number of fused-ring (bicyclic) bond motifs is 2. The Labute approximate surface area is 143 Å². The van der Waals surface area contributed by atoms with Gasteiger partial charge in [-0.3, -0.25) is 0 Å². The van der Waals surface area contributed by atoms with Crippen LogP contribution in [0.25, 0.3) is 12.2 Å². The van der Waals surface area contributed by atoms with Crippen LogP contribution in [0.5, 0.6) is 0 Å². The summed E-state index contributed by atoms with van der Waals surface area (Å²) in [6.45, 7) is 2.17. The average molecular weight is 406 g/mol. The summed E-state index contributed by atoms with van der Waals surface area (Å²) in [5.41, 5.74) is 6.49. The molecule has 22 heavy (non-hydrogen) atoms. The molecule has 2 atom stereocenters. The maximum atomic E-state index is 7.18. The molecule has 0 nitrogen and oxygen atoms in total. The standard InChI is InChI=1S/C10H9.C9H7.2ClH.Zr/c1-8-6-9-4-2-3-5-10(9)7-8;1-2-5-9-7-3-6-8(9)4-1;;;/h2-7H,1H3;1-7H;2*1H;/q;;;;+2/p-2. The first-order valence-electron chi connectivity index (χ1n) is 7.51. The van der Waals surface area contributed by atoms with Gasteiger partial charge in [0.05, 0.1) is 0 Å². The van der Waals surface area contributed by atoms with E-state index < -0.39 is 17.9 Å². The van der Waals surface area contributed by atoms with E-state index in [0.29, 0.717) is 0 Å². The van der Waals surface area contributed by atoms with Crippen LogP contribution in [0.4, 0.5) is 0 Å². The van der Waals surface area contributed by atoms with Crippen molar-refractivity contribution in [1.82, 2.24) is 0 Å². The van der Waals surface area contributed by atoms with Crippen LogP contribution in [0.15, 0.2) is 60.2 Å². The molecule has 0 aromatic heterocycles. The van der Waals surface area contributed by atoms with E-state index in [9.17, 15) is 0 Å². The predicted molar refractivity (Wildman–Crippen MR) is 92.8 cm³/mol. The number of hydrogen-bond acceptors (Lipinski definition) is 0. The quantitative estimate of drug-likeness (QED) is 0.543. The van der Waals surface area contributed by atoms with Crippen LogP contribution in [0, 0.1) is 0 Å². The molecule has 2 aromatic rings. The van der Waals surface area contributed by atoms with Gasteiger partial charge in [-0.25, -0.2) is 0 Å². The van der Waals surface area contributed by atoms with E-state index in [1.54, 1.807) is 0 Å². The van der Waals surface area contributed by atoms with Crippen LogP contribution in [0.2, 0.25) is 0 Å². The van der Waals surface area contributed by atoms with E-state index in [0.717, 1.165) is 0 Å². The van der Waals surface area contributed by atoms with Crippen LogP contribution < -0.4 is 0 Å². The summed E-state index contributed by atoms with van der Waals surface area (Å²) in [5, 5.41) is 0.